The van der Waals surface area contributed by atoms with Gasteiger partial charge in [0.2, 0.25) is 0 Å². The molecule has 0 aliphatic heterocycles. The van der Waals surface area contributed by atoms with Crippen molar-refractivity contribution in [1.82, 2.24) is 4.98 Å². The highest BCUT2D eigenvalue weighted by Gasteiger charge is 2.13. The predicted molar refractivity (Wildman–Crippen MR) is 71.6 cm³/mol. The van der Waals surface area contributed by atoms with Gasteiger partial charge in [0.05, 0.1) is 5.69 Å². The van der Waals surface area contributed by atoms with Crippen molar-refractivity contribution in [3.05, 3.63) is 59.9 Å². The SMILES string of the molecule is NCc1c(-c2ccccc2F)[nH]c2ccccc12. The number of aromatic amines is 1. The largest absolute Gasteiger partial charge is 0.354 e. The van der Waals surface area contributed by atoms with Gasteiger partial charge in [0.1, 0.15) is 5.82 Å². The molecule has 0 spiro atoms. The topological polar surface area (TPSA) is 41.8 Å². The fourth-order valence-electron chi connectivity index (χ4n) is 2.31. The van der Waals surface area contributed by atoms with Crippen molar-refractivity contribution in [1.29, 1.82) is 0 Å². The second kappa shape index (κ2) is 4.27. The van der Waals surface area contributed by atoms with E-state index in [4.69, 9.17) is 5.73 Å². The maximum atomic E-state index is 13.9. The van der Waals surface area contributed by atoms with Gasteiger partial charge in [-0.3, -0.25) is 0 Å². The van der Waals surface area contributed by atoms with E-state index in [9.17, 15) is 4.39 Å². The normalized spacial score (nSPS) is 11.0. The molecule has 1 heterocycles. The van der Waals surface area contributed by atoms with Crippen molar-refractivity contribution < 1.29 is 4.39 Å². The van der Waals surface area contributed by atoms with Crippen LogP contribution in [0.3, 0.4) is 0 Å². The summed E-state index contributed by atoms with van der Waals surface area (Å²) >= 11 is 0. The van der Waals surface area contributed by atoms with Crippen LogP contribution in [0.1, 0.15) is 5.56 Å². The van der Waals surface area contributed by atoms with Gasteiger partial charge in [0, 0.05) is 23.0 Å². The Bertz CT molecular complexity index is 701. The fourth-order valence-corrected chi connectivity index (χ4v) is 2.31. The van der Waals surface area contributed by atoms with E-state index in [0.29, 0.717) is 12.1 Å². The van der Waals surface area contributed by atoms with Gasteiger partial charge in [-0.2, -0.15) is 0 Å². The first kappa shape index (κ1) is 11.0. The first-order valence-corrected chi connectivity index (χ1v) is 5.86. The van der Waals surface area contributed by atoms with Crippen molar-refractivity contribution in [2.24, 2.45) is 5.73 Å². The lowest BCUT2D eigenvalue weighted by Crippen LogP contribution is -1.98. The van der Waals surface area contributed by atoms with Gasteiger partial charge >= 0.3 is 0 Å². The van der Waals surface area contributed by atoms with Gasteiger partial charge in [-0.25, -0.2) is 4.39 Å². The molecular formula is C15H13FN2. The Morgan fingerprint density at radius 2 is 1.72 bits per heavy atom. The molecule has 0 fully saturated rings. The Balaban J connectivity index is 2.32. The number of nitrogens with two attached hydrogens (primary N) is 1. The fraction of sp³-hybridized carbons (Fsp3) is 0.0667. The van der Waals surface area contributed by atoms with Crippen molar-refractivity contribution in [2.75, 3.05) is 0 Å². The summed E-state index contributed by atoms with van der Waals surface area (Å²) in [4.78, 5) is 3.25. The summed E-state index contributed by atoms with van der Waals surface area (Å²) in [5.74, 6) is -0.237. The second-order valence-electron chi connectivity index (χ2n) is 4.21. The second-order valence-corrected chi connectivity index (χ2v) is 4.21. The van der Waals surface area contributed by atoms with Crippen LogP contribution >= 0.6 is 0 Å². The Kier molecular flexibility index (Phi) is 2.61. The molecular weight excluding hydrogens is 227 g/mol. The summed E-state index contributed by atoms with van der Waals surface area (Å²) < 4.78 is 13.9. The van der Waals surface area contributed by atoms with Gasteiger partial charge in [-0.15, -0.1) is 0 Å². The molecule has 0 saturated heterocycles. The average molecular weight is 240 g/mol. The number of para-hydroxylation sites is 1. The number of H-pyrrole nitrogens is 1. The average Bonchev–Trinajstić information content (AvgIpc) is 2.77. The van der Waals surface area contributed by atoms with Crippen LogP contribution in [-0.4, -0.2) is 4.98 Å². The van der Waals surface area contributed by atoms with E-state index in [0.717, 1.165) is 22.2 Å². The minimum Gasteiger partial charge on any atom is -0.354 e. The number of aromatic nitrogens is 1. The standard InChI is InChI=1S/C15H13FN2/c16-13-7-3-1-6-11(13)15-12(9-17)10-5-2-4-8-14(10)18-15/h1-8,18H,9,17H2. The molecule has 0 radical (unpaired) electrons. The first-order chi connectivity index (χ1) is 8.81. The molecule has 90 valence electrons. The van der Waals surface area contributed by atoms with E-state index in [1.165, 1.54) is 6.07 Å². The van der Waals surface area contributed by atoms with E-state index in [-0.39, 0.29) is 5.82 Å². The van der Waals surface area contributed by atoms with Crippen molar-refractivity contribution >= 4 is 10.9 Å². The number of rotatable bonds is 2. The molecule has 1 aromatic heterocycles. The molecule has 0 aliphatic carbocycles. The van der Waals surface area contributed by atoms with Crippen LogP contribution in [0.4, 0.5) is 4.39 Å². The van der Waals surface area contributed by atoms with E-state index in [2.05, 4.69) is 4.98 Å². The summed E-state index contributed by atoms with van der Waals surface area (Å²) in [5, 5.41) is 1.05. The van der Waals surface area contributed by atoms with E-state index in [1.807, 2.05) is 30.3 Å². The Hall–Kier alpha value is -2.13. The number of hydrogen-bond acceptors (Lipinski definition) is 1. The van der Waals surface area contributed by atoms with Crippen molar-refractivity contribution in [3.8, 4) is 11.3 Å². The van der Waals surface area contributed by atoms with Gasteiger partial charge in [-0.05, 0) is 23.8 Å². The van der Waals surface area contributed by atoms with Crippen LogP contribution in [0.15, 0.2) is 48.5 Å². The van der Waals surface area contributed by atoms with Crippen LogP contribution in [0.2, 0.25) is 0 Å². The molecule has 3 heteroatoms. The summed E-state index contributed by atoms with van der Waals surface area (Å²) in [7, 11) is 0. The maximum absolute atomic E-state index is 13.9. The molecule has 2 aromatic carbocycles. The summed E-state index contributed by atoms with van der Waals surface area (Å²) in [5.41, 5.74) is 9.08. The summed E-state index contributed by atoms with van der Waals surface area (Å²) in [6.07, 6.45) is 0. The number of hydrogen-bond donors (Lipinski definition) is 2. The van der Waals surface area contributed by atoms with Crippen LogP contribution in [0, 0.1) is 5.82 Å². The number of halogens is 1. The van der Waals surface area contributed by atoms with E-state index >= 15 is 0 Å². The van der Waals surface area contributed by atoms with Gasteiger partial charge in [0.15, 0.2) is 0 Å². The zero-order chi connectivity index (χ0) is 12.5. The minimum atomic E-state index is -0.237. The summed E-state index contributed by atoms with van der Waals surface area (Å²) in [6, 6.07) is 14.6. The molecule has 18 heavy (non-hydrogen) atoms. The van der Waals surface area contributed by atoms with Crippen molar-refractivity contribution in [2.45, 2.75) is 6.54 Å². The molecule has 0 bridgehead atoms. The molecule has 0 atom stereocenters. The Morgan fingerprint density at radius 1 is 1.00 bits per heavy atom. The Morgan fingerprint density at radius 3 is 2.50 bits per heavy atom. The number of nitrogens with one attached hydrogen (secondary N) is 1. The number of benzene rings is 2. The smallest absolute Gasteiger partial charge is 0.132 e. The lowest BCUT2D eigenvalue weighted by Gasteiger charge is -2.03. The summed E-state index contributed by atoms with van der Waals surface area (Å²) in [6.45, 7) is 0.383. The van der Waals surface area contributed by atoms with Gasteiger partial charge < -0.3 is 10.7 Å². The predicted octanol–water partition coefficient (Wildman–Crippen LogP) is 3.43. The molecule has 3 rings (SSSR count). The third-order valence-electron chi connectivity index (χ3n) is 3.16. The van der Waals surface area contributed by atoms with Gasteiger partial charge in [-0.1, -0.05) is 30.3 Å². The first-order valence-electron chi connectivity index (χ1n) is 5.86. The maximum Gasteiger partial charge on any atom is 0.132 e. The molecule has 0 saturated carbocycles. The monoisotopic (exact) mass is 240 g/mol. The Labute approximate surface area is 104 Å². The molecule has 3 N–H and O–H groups in total. The zero-order valence-corrected chi connectivity index (χ0v) is 9.78. The lowest BCUT2D eigenvalue weighted by atomic mass is 10.1. The van der Waals surface area contributed by atoms with E-state index < -0.39 is 0 Å². The highest BCUT2D eigenvalue weighted by molar-refractivity contribution is 5.90. The van der Waals surface area contributed by atoms with Crippen LogP contribution in [0.25, 0.3) is 22.2 Å². The quantitative estimate of drug-likeness (QED) is 0.708. The van der Waals surface area contributed by atoms with Crippen LogP contribution in [0.5, 0.6) is 0 Å². The lowest BCUT2D eigenvalue weighted by molar-refractivity contribution is 0.630. The third-order valence-corrected chi connectivity index (χ3v) is 3.16. The highest BCUT2D eigenvalue weighted by Crippen LogP contribution is 2.31. The van der Waals surface area contributed by atoms with E-state index in [1.54, 1.807) is 12.1 Å². The molecule has 0 aliphatic rings. The van der Waals surface area contributed by atoms with Crippen LogP contribution in [-0.2, 0) is 6.54 Å². The number of fused-ring (bicyclic) bond motifs is 1. The minimum absolute atomic E-state index is 0.237. The molecule has 2 nitrogen and oxygen atoms in total. The van der Waals surface area contributed by atoms with Crippen LogP contribution < -0.4 is 5.73 Å². The molecule has 3 aromatic rings. The highest BCUT2D eigenvalue weighted by atomic mass is 19.1. The third kappa shape index (κ3) is 1.60. The molecule has 0 unspecified atom stereocenters. The van der Waals surface area contributed by atoms with Gasteiger partial charge in [0.25, 0.3) is 0 Å². The molecule has 0 amide bonds. The van der Waals surface area contributed by atoms with Crippen molar-refractivity contribution in [3.63, 3.8) is 0 Å². The zero-order valence-electron chi connectivity index (χ0n) is 9.78.